The molecule has 0 aliphatic carbocycles. The number of benzene rings is 2. The van der Waals surface area contributed by atoms with Crippen LogP contribution in [0, 0.1) is 11.2 Å². The topological polar surface area (TPSA) is 97.4 Å². The van der Waals surface area contributed by atoms with Crippen LogP contribution in [-0.4, -0.2) is 26.0 Å². The van der Waals surface area contributed by atoms with E-state index in [1.165, 1.54) is 26.4 Å². The predicted octanol–water partition coefficient (Wildman–Crippen LogP) is 2.54. The second-order valence-corrected chi connectivity index (χ2v) is 5.33. The molecule has 2 aromatic rings. The Hall–Kier alpha value is -2.64. The van der Waals surface area contributed by atoms with Crippen molar-refractivity contribution in [1.82, 2.24) is 5.32 Å². The van der Waals surface area contributed by atoms with E-state index in [1.54, 1.807) is 30.3 Å². The Kier molecular flexibility index (Phi) is 8.02. The van der Waals surface area contributed by atoms with Gasteiger partial charge in [0, 0.05) is 30.8 Å². The van der Waals surface area contributed by atoms with Crippen LogP contribution in [0.4, 0.5) is 4.39 Å². The number of methoxy groups -OCH3 is 2. The fraction of sp³-hybridized carbons (Fsp3) is 0.222. The smallest absolute Gasteiger partial charge is 0.254 e. The van der Waals surface area contributed by atoms with Crippen molar-refractivity contribution in [3.05, 3.63) is 65.0 Å². The summed E-state index contributed by atoms with van der Waals surface area (Å²) < 4.78 is 24.3. The second-order valence-electron chi connectivity index (χ2n) is 5.33. The van der Waals surface area contributed by atoms with Crippen LogP contribution in [0.2, 0.25) is 0 Å². The predicted molar refractivity (Wildman–Crippen MR) is 99.3 cm³/mol. The third-order valence-electron chi connectivity index (χ3n) is 3.70. The van der Waals surface area contributed by atoms with Gasteiger partial charge in [0.2, 0.25) is 0 Å². The summed E-state index contributed by atoms with van der Waals surface area (Å²) in [6.07, 6.45) is -1.07. The highest BCUT2D eigenvalue weighted by atomic mass is 35.5. The summed E-state index contributed by atoms with van der Waals surface area (Å²) in [6.45, 7) is 0.245. The Morgan fingerprint density at radius 2 is 1.88 bits per heavy atom. The molecule has 0 fully saturated rings. The molecule has 0 aliphatic heterocycles. The first kappa shape index (κ1) is 21.4. The number of rotatable bonds is 7. The summed E-state index contributed by atoms with van der Waals surface area (Å²) in [6, 6.07) is 11.1. The van der Waals surface area contributed by atoms with Crippen LogP contribution in [0.15, 0.2) is 42.5 Å². The summed E-state index contributed by atoms with van der Waals surface area (Å²) in [4.78, 5) is 12.3. The highest BCUT2D eigenvalue weighted by molar-refractivity contribution is 5.94. The highest BCUT2D eigenvalue weighted by Gasteiger charge is 2.23. The standard InChI is InChI=1S/C18H20FN3O3.ClH/c1-24-13-7-8-14(15(19)9-13)16(25-2)18(23)22-10-11-3-5-12(6-4-11)17(20)21;/h3-9,16H,10H2,1-2H3,(H3,20,21)(H,22,23);1H/t16-;/m0./s1. The molecule has 26 heavy (non-hydrogen) atoms. The number of nitrogens with one attached hydrogen (secondary N) is 2. The Morgan fingerprint density at radius 1 is 1.23 bits per heavy atom. The fourth-order valence-electron chi connectivity index (χ4n) is 2.31. The van der Waals surface area contributed by atoms with E-state index in [1.807, 2.05) is 0 Å². The summed E-state index contributed by atoms with van der Waals surface area (Å²) in [5, 5.41) is 10.1. The summed E-state index contributed by atoms with van der Waals surface area (Å²) in [5.41, 5.74) is 6.95. The average molecular weight is 382 g/mol. The molecule has 0 saturated heterocycles. The van der Waals surface area contributed by atoms with Crippen LogP contribution in [0.5, 0.6) is 5.75 Å². The fourth-order valence-corrected chi connectivity index (χ4v) is 2.31. The van der Waals surface area contributed by atoms with Crippen molar-refractivity contribution in [2.24, 2.45) is 5.73 Å². The van der Waals surface area contributed by atoms with Gasteiger partial charge in [-0.05, 0) is 17.7 Å². The lowest BCUT2D eigenvalue weighted by Crippen LogP contribution is -2.30. The van der Waals surface area contributed by atoms with Crippen molar-refractivity contribution in [2.75, 3.05) is 14.2 Å². The molecule has 1 atom stereocenters. The largest absolute Gasteiger partial charge is 0.497 e. The molecule has 6 nitrogen and oxygen atoms in total. The lowest BCUT2D eigenvalue weighted by atomic mass is 10.1. The van der Waals surface area contributed by atoms with Crippen LogP contribution < -0.4 is 15.8 Å². The maximum atomic E-state index is 14.1. The first-order chi connectivity index (χ1) is 12.0. The van der Waals surface area contributed by atoms with Crippen LogP contribution in [0.3, 0.4) is 0 Å². The van der Waals surface area contributed by atoms with Gasteiger partial charge in [0.15, 0.2) is 6.10 Å². The zero-order chi connectivity index (χ0) is 18.4. The molecule has 8 heteroatoms. The Labute approximate surface area is 157 Å². The molecular formula is C18H21ClFN3O3. The summed E-state index contributed by atoms with van der Waals surface area (Å²) >= 11 is 0. The van der Waals surface area contributed by atoms with Crippen molar-refractivity contribution in [1.29, 1.82) is 5.41 Å². The molecule has 1 amide bonds. The van der Waals surface area contributed by atoms with E-state index in [0.717, 1.165) is 5.56 Å². The zero-order valence-corrected chi connectivity index (χ0v) is 15.2. The van der Waals surface area contributed by atoms with Gasteiger partial charge >= 0.3 is 0 Å². The number of amidine groups is 1. The molecule has 0 aliphatic rings. The van der Waals surface area contributed by atoms with E-state index in [0.29, 0.717) is 11.3 Å². The van der Waals surface area contributed by atoms with Gasteiger partial charge in [0.25, 0.3) is 5.91 Å². The third kappa shape index (κ3) is 5.18. The van der Waals surface area contributed by atoms with Gasteiger partial charge in [-0.15, -0.1) is 12.4 Å². The van der Waals surface area contributed by atoms with Gasteiger partial charge in [-0.3, -0.25) is 10.2 Å². The van der Waals surface area contributed by atoms with E-state index in [4.69, 9.17) is 20.6 Å². The summed E-state index contributed by atoms with van der Waals surface area (Å²) in [5.74, 6) is -0.693. The molecular weight excluding hydrogens is 361 g/mol. The molecule has 4 N–H and O–H groups in total. The lowest BCUT2D eigenvalue weighted by Gasteiger charge is -2.17. The monoisotopic (exact) mass is 381 g/mol. The second kappa shape index (κ2) is 9.74. The van der Waals surface area contributed by atoms with Gasteiger partial charge in [-0.2, -0.15) is 0 Å². The van der Waals surface area contributed by atoms with Crippen LogP contribution >= 0.6 is 12.4 Å². The average Bonchev–Trinajstić information content (AvgIpc) is 2.62. The molecule has 0 aromatic heterocycles. The molecule has 0 radical (unpaired) electrons. The number of nitrogens with two attached hydrogens (primary N) is 1. The lowest BCUT2D eigenvalue weighted by molar-refractivity contribution is -0.131. The summed E-state index contributed by atoms with van der Waals surface area (Å²) in [7, 11) is 2.78. The molecule has 2 rings (SSSR count). The highest BCUT2D eigenvalue weighted by Crippen LogP contribution is 2.24. The normalized spacial score (nSPS) is 11.2. The number of nitrogen functional groups attached to an aromatic ring is 1. The van der Waals surface area contributed by atoms with Crippen LogP contribution in [-0.2, 0) is 16.1 Å². The van der Waals surface area contributed by atoms with E-state index in [2.05, 4.69) is 5.32 Å². The Morgan fingerprint density at radius 3 is 2.38 bits per heavy atom. The van der Waals surface area contributed by atoms with Crippen LogP contribution in [0.1, 0.15) is 22.8 Å². The zero-order valence-electron chi connectivity index (χ0n) is 14.4. The van der Waals surface area contributed by atoms with E-state index >= 15 is 0 Å². The first-order valence-electron chi connectivity index (χ1n) is 7.53. The quantitative estimate of drug-likeness (QED) is 0.507. The number of ether oxygens (including phenoxy) is 2. The van der Waals surface area contributed by atoms with Gasteiger partial charge < -0.3 is 20.5 Å². The van der Waals surface area contributed by atoms with Gasteiger partial charge in [-0.1, -0.05) is 24.3 Å². The molecule has 0 saturated carbocycles. The van der Waals surface area contributed by atoms with Crippen molar-refractivity contribution in [3.63, 3.8) is 0 Å². The Bertz CT molecular complexity index is 769. The van der Waals surface area contributed by atoms with Crippen LogP contribution in [0.25, 0.3) is 0 Å². The minimum absolute atomic E-state index is 0. The van der Waals surface area contributed by atoms with Crippen molar-refractivity contribution < 1.29 is 18.7 Å². The molecule has 0 heterocycles. The maximum Gasteiger partial charge on any atom is 0.254 e. The maximum absolute atomic E-state index is 14.1. The van der Waals surface area contributed by atoms with E-state index in [-0.39, 0.29) is 30.4 Å². The molecule has 0 bridgehead atoms. The minimum atomic E-state index is -1.07. The number of halogens is 2. The molecule has 0 unspecified atom stereocenters. The van der Waals surface area contributed by atoms with E-state index < -0.39 is 17.8 Å². The molecule has 2 aromatic carbocycles. The van der Waals surface area contributed by atoms with Crippen molar-refractivity contribution in [3.8, 4) is 5.75 Å². The number of carbonyl (C=O) groups is 1. The van der Waals surface area contributed by atoms with E-state index in [9.17, 15) is 9.18 Å². The Balaban J connectivity index is 0.00000338. The number of amides is 1. The number of hydrogen-bond donors (Lipinski definition) is 3. The van der Waals surface area contributed by atoms with Crippen molar-refractivity contribution >= 4 is 24.1 Å². The molecule has 140 valence electrons. The van der Waals surface area contributed by atoms with Crippen molar-refractivity contribution in [2.45, 2.75) is 12.6 Å². The molecule has 0 spiro atoms. The number of hydrogen-bond acceptors (Lipinski definition) is 4. The SMILES string of the molecule is COc1ccc([C@H](OC)C(=O)NCc2ccc(C(=N)N)cc2)c(F)c1.Cl. The van der Waals surface area contributed by atoms with Gasteiger partial charge in [-0.25, -0.2) is 4.39 Å². The van der Waals surface area contributed by atoms with Gasteiger partial charge in [0.1, 0.15) is 17.4 Å². The van der Waals surface area contributed by atoms with Gasteiger partial charge in [0.05, 0.1) is 7.11 Å². The minimum Gasteiger partial charge on any atom is -0.497 e. The number of carbonyl (C=O) groups excluding carboxylic acids is 1. The third-order valence-corrected chi connectivity index (χ3v) is 3.70. The first-order valence-corrected chi connectivity index (χ1v) is 7.53.